The molecule has 2 N–H and O–H groups in total. The fourth-order valence-electron chi connectivity index (χ4n) is 5.85. The van der Waals surface area contributed by atoms with E-state index in [1.54, 1.807) is 27.8 Å². The summed E-state index contributed by atoms with van der Waals surface area (Å²) in [6, 6.07) is 6.76. The molecule has 1 saturated carbocycles. The Bertz CT molecular complexity index is 1270. The van der Waals surface area contributed by atoms with Crippen molar-refractivity contribution >= 4 is 11.9 Å². The molecule has 0 bridgehead atoms. The number of hydrogen-bond donors (Lipinski definition) is 2. The molecule has 3 aliphatic rings. The molecule has 14 heteroatoms. The largest absolute Gasteiger partial charge is 0.481 e. The molecule has 1 aromatic carbocycles. The van der Waals surface area contributed by atoms with Crippen molar-refractivity contribution in [3.63, 3.8) is 0 Å². The molecule has 38 heavy (non-hydrogen) atoms. The normalized spacial score (nSPS) is 25.8. The van der Waals surface area contributed by atoms with Gasteiger partial charge in [0.05, 0.1) is 31.4 Å². The molecular weight excluding hydrogens is 496 g/mol. The van der Waals surface area contributed by atoms with Gasteiger partial charge in [0, 0.05) is 6.42 Å². The van der Waals surface area contributed by atoms with E-state index in [0.717, 1.165) is 31.4 Å². The number of benzene rings is 1. The highest BCUT2D eigenvalue weighted by atomic mass is 16.6. The van der Waals surface area contributed by atoms with Crippen molar-refractivity contribution in [2.75, 3.05) is 13.2 Å². The van der Waals surface area contributed by atoms with Crippen LogP contribution in [-0.2, 0) is 19.1 Å². The first-order valence-electron chi connectivity index (χ1n) is 12.6. The maximum atomic E-state index is 12.9. The maximum Gasteiger partial charge on any atom is 0.341 e. The number of aromatic nitrogens is 7. The minimum absolute atomic E-state index is 0.0114. The topological polar surface area (TPSA) is 168 Å². The molecule has 3 aromatic rings. The first-order valence-corrected chi connectivity index (χ1v) is 12.6. The minimum Gasteiger partial charge on any atom is -0.481 e. The fourth-order valence-corrected chi connectivity index (χ4v) is 5.85. The van der Waals surface area contributed by atoms with E-state index in [0.29, 0.717) is 5.75 Å². The Hall–Kier alpha value is -3.91. The van der Waals surface area contributed by atoms with Gasteiger partial charge in [-0.3, -0.25) is 9.59 Å². The Morgan fingerprint density at radius 1 is 1.11 bits per heavy atom. The molecule has 0 unspecified atom stereocenters. The number of ether oxygens (including phenoxy) is 3. The van der Waals surface area contributed by atoms with Crippen LogP contribution in [0.3, 0.4) is 0 Å². The molecular formula is C24H28N8O6. The van der Waals surface area contributed by atoms with E-state index in [4.69, 9.17) is 14.2 Å². The van der Waals surface area contributed by atoms with Gasteiger partial charge in [0.25, 0.3) is 0 Å². The number of carbonyl (C=O) groups is 2. The van der Waals surface area contributed by atoms with E-state index in [1.165, 1.54) is 6.33 Å². The SMILES string of the molecule is O=C(O)CC1(CC(=O)N[C@H]2CO[C@H]3[C@@H]2OC[C@@H]3n2nnnc2Oc2ccc(-n3cncn3)cc2)CCCC1. The van der Waals surface area contributed by atoms with Crippen LogP contribution in [0.15, 0.2) is 36.9 Å². The van der Waals surface area contributed by atoms with Crippen molar-refractivity contribution in [3.05, 3.63) is 36.9 Å². The van der Waals surface area contributed by atoms with Gasteiger partial charge < -0.3 is 24.6 Å². The van der Waals surface area contributed by atoms with Crippen molar-refractivity contribution < 1.29 is 28.9 Å². The number of rotatable bonds is 9. The van der Waals surface area contributed by atoms with Crippen LogP contribution in [0.25, 0.3) is 5.69 Å². The summed E-state index contributed by atoms with van der Waals surface area (Å²) in [5.74, 6) is -0.494. The summed E-state index contributed by atoms with van der Waals surface area (Å²) in [5.41, 5.74) is 0.357. The molecule has 3 fully saturated rings. The summed E-state index contributed by atoms with van der Waals surface area (Å²) in [5, 5.41) is 28.4. The van der Waals surface area contributed by atoms with Crippen molar-refractivity contribution in [2.45, 2.75) is 62.8 Å². The van der Waals surface area contributed by atoms with Crippen molar-refractivity contribution in [3.8, 4) is 17.4 Å². The summed E-state index contributed by atoms with van der Waals surface area (Å²) in [6.07, 6.45) is 5.93. The Kier molecular flexibility index (Phi) is 6.49. The Morgan fingerprint density at radius 2 is 1.89 bits per heavy atom. The van der Waals surface area contributed by atoms with Crippen LogP contribution in [0.5, 0.6) is 11.8 Å². The second-order valence-electron chi connectivity index (χ2n) is 10.1. The van der Waals surface area contributed by atoms with Crippen LogP contribution >= 0.6 is 0 Å². The van der Waals surface area contributed by atoms with Crippen LogP contribution in [0.4, 0.5) is 0 Å². The van der Waals surface area contributed by atoms with Gasteiger partial charge in [-0.2, -0.15) is 9.78 Å². The van der Waals surface area contributed by atoms with Gasteiger partial charge >= 0.3 is 12.0 Å². The van der Waals surface area contributed by atoms with Crippen molar-refractivity contribution in [2.24, 2.45) is 5.41 Å². The fraction of sp³-hybridized carbons (Fsp3) is 0.542. The van der Waals surface area contributed by atoms with Gasteiger partial charge in [0.15, 0.2) is 0 Å². The van der Waals surface area contributed by atoms with Crippen LogP contribution in [0.1, 0.15) is 44.6 Å². The third-order valence-electron chi connectivity index (χ3n) is 7.61. The number of nitrogens with zero attached hydrogens (tertiary/aromatic N) is 7. The van der Waals surface area contributed by atoms with Gasteiger partial charge in [0.1, 0.15) is 36.7 Å². The molecule has 1 aliphatic carbocycles. The number of carbonyl (C=O) groups excluding carboxylic acids is 1. The molecule has 0 spiro atoms. The third kappa shape index (κ3) is 4.84. The summed E-state index contributed by atoms with van der Waals surface area (Å²) in [6.45, 7) is 0.572. The highest BCUT2D eigenvalue weighted by Gasteiger charge is 2.50. The lowest BCUT2D eigenvalue weighted by molar-refractivity contribution is -0.140. The summed E-state index contributed by atoms with van der Waals surface area (Å²) in [7, 11) is 0. The predicted molar refractivity (Wildman–Crippen MR) is 127 cm³/mol. The average Bonchev–Trinajstić information content (AvgIpc) is 3.71. The van der Waals surface area contributed by atoms with E-state index >= 15 is 0 Å². The standard InChI is InChI=1S/C24H28N8O6/c33-19(9-24(10-20(34)35)7-1-2-8-24)27-17-11-36-22-18(12-37-21(17)22)32-23(28-29-30-32)38-16-5-3-15(4-6-16)31-14-25-13-26-31/h3-6,13-14,17-18,21-22H,1-2,7-12H2,(H,27,33)(H,34,35)/t17-,18-,21+,22+/m0/s1. The smallest absolute Gasteiger partial charge is 0.341 e. The average molecular weight is 525 g/mol. The molecule has 2 aromatic heterocycles. The van der Waals surface area contributed by atoms with Gasteiger partial charge in [0.2, 0.25) is 5.91 Å². The zero-order chi connectivity index (χ0) is 26.1. The molecule has 4 atom stereocenters. The third-order valence-corrected chi connectivity index (χ3v) is 7.61. The number of nitrogens with one attached hydrogen (secondary N) is 1. The summed E-state index contributed by atoms with van der Waals surface area (Å²) >= 11 is 0. The quantitative estimate of drug-likeness (QED) is 0.414. The number of carboxylic acid groups (broad SMARTS) is 1. The zero-order valence-electron chi connectivity index (χ0n) is 20.5. The summed E-state index contributed by atoms with van der Waals surface area (Å²) < 4.78 is 21.2. The number of carboxylic acids is 1. The second kappa shape index (κ2) is 10.1. The van der Waals surface area contributed by atoms with Crippen molar-refractivity contribution in [1.29, 1.82) is 0 Å². The van der Waals surface area contributed by atoms with Crippen LogP contribution < -0.4 is 10.1 Å². The molecule has 6 rings (SSSR count). The number of amides is 1. The lowest BCUT2D eigenvalue weighted by atomic mass is 9.79. The molecule has 200 valence electrons. The number of tetrazole rings is 1. The molecule has 2 aliphatic heterocycles. The van der Waals surface area contributed by atoms with E-state index < -0.39 is 11.4 Å². The zero-order valence-corrected chi connectivity index (χ0v) is 20.5. The van der Waals surface area contributed by atoms with Gasteiger partial charge in [-0.05, 0) is 52.9 Å². The highest BCUT2D eigenvalue weighted by molar-refractivity contribution is 5.78. The highest BCUT2D eigenvalue weighted by Crippen LogP contribution is 2.44. The van der Waals surface area contributed by atoms with E-state index in [2.05, 4.69) is 30.9 Å². The first-order chi connectivity index (χ1) is 18.5. The molecule has 14 nitrogen and oxygen atoms in total. The molecule has 0 radical (unpaired) electrons. The lowest BCUT2D eigenvalue weighted by Crippen LogP contribution is -2.45. The predicted octanol–water partition coefficient (Wildman–Crippen LogP) is 1.29. The monoisotopic (exact) mass is 524 g/mol. The van der Waals surface area contributed by atoms with Gasteiger partial charge in [-0.15, -0.1) is 0 Å². The minimum atomic E-state index is -0.864. The Labute approximate surface area is 217 Å². The molecule has 1 amide bonds. The first kappa shape index (κ1) is 24.4. The maximum absolute atomic E-state index is 12.9. The summed E-state index contributed by atoms with van der Waals surface area (Å²) in [4.78, 5) is 28.2. The van der Waals surface area contributed by atoms with E-state index in [9.17, 15) is 14.7 Å². The van der Waals surface area contributed by atoms with Crippen molar-refractivity contribution in [1.82, 2.24) is 40.3 Å². The number of aliphatic carboxylic acids is 1. The number of hydrogen-bond acceptors (Lipinski definition) is 10. The van der Waals surface area contributed by atoms with Crippen LogP contribution in [0, 0.1) is 5.41 Å². The van der Waals surface area contributed by atoms with E-state index in [1.807, 2.05) is 12.1 Å². The van der Waals surface area contributed by atoms with Gasteiger partial charge in [-0.25, -0.2) is 9.67 Å². The second-order valence-corrected chi connectivity index (χ2v) is 10.1. The van der Waals surface area contributed by atoms with Crippen LogP contribution in [-0.4, -0.2) is 83.4 Å². The van der Waals surface area contributed by atoms with Crippen LogP contribution in [0.2, 0.25) is 0 Å². The molecule has 2 saturated heterocycles. The Balaban J connectivity index is 1.09. The van der Waals surface area contributed by atoms with E-state index in [-0.39, 0.29) is 62.3 Å². The Morgan fingerprint density at radius 3 is 2.63 bits per heavy atom. The number of fused-ring (bicyclic) bond motifs is 1. The van der Waals surface area contributed by atoms with Gasteiger partial charge in [-0.1, -0.05) is 17.9 Å². The molecule has 4 heterocycles. The lowest BCUT2D eigenvalue weighted by Gasteiger charge is -2.27.